The predicted octanol–water partition coefficient (Wildman–Crippen LogP) is 12.5. The lowest BCUT2D eigenvalue weighted by molar-refractivity contribution is 0.673. The number of hydrogen-bond donors (Lipinski definition) is 0. The van der Waals surface area contributed by atoms with Crippen LogP contribution in [-0.4, -0.2) is 14.4 Å². The van der Waals surface area contributed by atoms with Gasteiger partial charge in [-0.1, -0.05) is 98.1 Å². The molecule has 11 rings (SSSR count). The van der Waals surface area contributed by atoms with Crippen LogP contribution in [0.15, 0.2) is 145 Å². The molecule has 0 N–H and O–H groups in total. The fraction of sp³-hybridized carbons (Fsp3) is 0. The first kappa shape index (κ1) is 26.7. The monoisotopic (exact) mass is 643 g/mol. The first-order chi connectivity index (χ1) is 24.2. The van der Waals surface area contributed by atoms with Gasteiger partial charge in [0.05, 0.1) is 32.5 Å². The smallest absolute Gasteiger partial charge is 0.160 e. The van der Waals surface area contributed by atoms with Crippen LogP contribution in [0.25, 0.3) is 108 Å². The molecule has 228 valence electrons. The van der Waals surface area contributed by atoms with Gasteiger partial charge in [0.2, 0.25) is 0 Å². The van der Waals surface area contributed by atoms with E-state index in [2.05, 4.69) is 127 Å². The number of thiophene rings is 1. The zero-order valence-corrected chi connectivity index (χ0v) is 27.0. The number of furan rings is 1. The van der Waals surface area contributed by atoms with Crippen molar-refractivity contribution in [1.29, 1.82) is 0 Å². The van der Waals surface area contributed by atoms with Gasteiger partial charge in [-0.3, -0.25) is 0 Å². The molecule has 0 aliphatic rings. The highest BCUT2D eigenvalue weighted by atomic mass is 32.1. The summed E-state index contributed by atoms with van der Waals surface area (Å²) in [7, 11) is 0. The Balaban J connectivity index is 1.17. The van der Waals surface area contributed by atoms with Crippen molar-refractivity contribution in [3.63, 3.8) is 0 Å². The number of para-hydroxylation sites is 2. The van der Waals surface area contributed by atoms with Gasteiger partial charge in [0, 0.05) is 64.3 Å². The van der Waals surface area contributed by atoms with Gasteiger partial charge >= 0.3 is 0 Å². The van der Waals surface area contributed by atoms with Gasteiger partial charge in [-0.2, -0.15) is 0 Å². The zero-order valence-electron chi connectivity index (χ0n) is 26.2. The minimum absolute atomic E-state index is 0.666. The Hall–Kier alpha value is -6.30. The van der Waals surface area contributed by atoms with Crippen LogP contribution in [0.2, 0.25) is 0 Å². The highest BCUT2D eigenvalue weighted by molar-refractivity contribution is 7.26. The molecule has 0 saturated carbocycles. The van der Waals surface area contributed by atoms with E-state index in [1.807, 2.05) is 12.2 Å². The van der Waals surface area contributed by atoms with E-state index < -0.39 is 0 Å². The minimum Gasteiger partial charge on any atom is -0.455 e. The summed E-state index contributed by atoms with van der Waals surface area (Å²) >= 11 is 1.71. The van der Waals surface area contributed by atoms with Crippen LogP contribution in [0.3, 0.4) is 0 Å². The molecule has 5 heteroatoms. The Morgan fingerprint density at radius 3 is 2.14 bits per heavy atom. The molecule has 0 amide bonds. The summed E-state index contributed by atoms with van der Waals surface area (Å²) in [5.74, 6) is 0.666. The number of allylic oxidation sites excluding steroid dienone is 4. The normalized spacial score (nSPS) is 12.8. The van der Waals surface area contributed by atoms with Crippen LogP contribution in [0, 0.1) is 0 Å². The average Bonchev–Trinajstić information content (AvgIpc) is 3.90. The highest BCUT2D eigenvalue weighted by Crippen LogP contribution is 2.44. The van der Waals surface area contributed by atoms with Gasteiger partial charge in [0.25, 0.3) is 0 Å². The Bertz CT molecular complexity index is 3260. The number of aromatic nitrogens is 3. The first-order valence-electron chi connectivity index (χ1n) is 16.3. The molecule has 0 saturated heterocycles. The summed E-state index contributed by atoms with van der Waals surface area (Å²) in [6.07, 6.45) is 5.57. The van der Waals surface area contributed by atoms with E-state index in [4.69, 9.17) is 14.4 Å². The maximum absolute atomic E-state index is 6.68. The van der Waals surface area contributed by atoms with Crippen LogP contribution in [0.1, 0.15) is 5.69 Å². The average molecular weight is 644 g/mol. The second-order valence-corrected chi connectivity index (χ2v) is 13.7. The van der Waals surface area contributed by atoms with E-state index in [0.717, 1.165) is 59.8 Å². The maximum atomic E-state index is 6.68. The zero-order chi connectivity index (χ0) is 32.4. The molecule has 0 aliphatic heterocycles. The molecular weight excluding hydrogens is 619 g/mol. The quantitative estimate of drug-likeness (QED) is 0.179. The van der Waals surface area contributed by atoms with E-state index in [-0.39, 0.29) is 0 Å². The molecule has 4 nitrogen and oxygen atoms in total. The van der Waals surface area contributed by atoms with Gasteiger partial charge in [-0.05, 0) is 42.5 Å². The van der Waals surface area contributed by atoms with Gasteiger partial charge in [-0.25, -0.2) is 9.97 Å². The third kappa shape index (κ3) is 3.47. The van der Waals surface area contributed by atoms with Crippen molar-refractivity contribution >= 4 is 108 Å². The lowest BCUT2D eigenvalue weighted by Gasteiger charge is -2.07. The van der Waals surface area contributed by atoms with Gasteiger partial charge in [0.15, 0.2) is 5.82 Å². The molecule has 0 radical (unpaired) electrons. The molecule has 0 unspecified atom stereocenters. The van der Waals surface area contributed by atoms with E-state index >= 15 is 0 Å². The van der Waals surface area contributed by atoms with Crippen molar-refractivity contribution in [1.82, 2.24) is 14.4 Å². The molecule has 0 spiro atoms. The van der Waals surface area contributed by atoms with E-state index in [1.165, 1.54) is 48.2 Å². The third-order valence-corrected chi connectivity index (χ3v) is 11.2. The van der Waals surface area contributed by atoms with Gasteiger partial charge in [-0.15, -0.1) is 11.3 Å². The Morgan fingerprint density at radius 2 is 1.33 bits per heavy atom. The standard InChI is InChI=1S/C44H25N3OS/c1-3-10-24(4-2)38-43-39(33-12-6-8-16-37(33)49-43)46-44(45-38)25-17-22-36-34(23-25)32-21-19-30-31(42(32)48-36)20-18-29-28-14-9-13-27-26-11-5-7-15-35(26)47(40(27)28)41(29)30/h3-23H,1-2H2/b24-10+. The summed E-state index contributed by atoms with van der Waals surface area (Å²) in [4.78, 5) is 10.3. The largest absolute Gasteiger partial charge is 0.455 e. The molecular formula is C44H25N3OS. The van der Waals surface area contributed by atoms with Crippen LogP contribution in [-0.2, 0) is 0 Å². The molecule has 0 bridgehead atoms. The minimum atomic E-state index is 0.666. The SMILES string of the molecule is C=C/C=C(\C=C)c1nc(-c2ccc3oc4c(ccc5c4ccc4c6cccc7c8ccccc8n(c54)c76)c3c2)nc2c1sc1ccccc12. The van der Waals surface area contributed by atoms with Crippen LogP contribution in [0.5, 0.6) is 0 Å². The highest BCUT2D eigenvalue weighted by Gasteiger charge is 2.21. The van der Waals surface area contributed by atoms with Crippen molar-refractivity contribution < 1.29 is 4.42 Å². The lowest BCUT2D eigenvalue weighted by Crippen LogP contribution is -1.95. The maximum Gasteiger partial charge on any atom is 0.160 e. The summed E-state index contributed by atoms with van der Waals surface area (Å²) in [6.45, 7) is 8.01. The Morgan fingerprint density at radius 1 is 0.653 bits per heavy atom. The Labute approximate surface area is 283 Å². The topological polar surface area (TPSA) is 43.3 Å². The van der Waals surface area contributed by atoms with Crippen molar-refractivity contribution in [2.24, 2.45) is 0 Å². The number of nitrogens with zero attached hydrogens (tertiary/aromatic N) is 3. The van der Waals surface area contributed by atoms with Crippen molar-refractivity contribution in [3.05, 3.63) is 146 Å². The van der Waals surface area contributed by atoms with E-state index in [1.54, 1.807) is 17.4 Å². The molecule has 0 fully saturated rings. The summed E-state index contributed by atoms with van der Waals surface area (Å²) in [5, 5.41) is 10.6. The van der Waals surface area contributed by atoms with Crippen LogP contribution < -0.4 is 0 Å². The molecule has 0 aliphatic carbocycles. The van der Waals surface area contributed by atoms with Crippen molar-refractivity contribution in [2.45, 2.75) is 0 Å². The number of rotatable bonds is 4. The number of fused-ring (bicyclic) bond motifs is 15. The molecule has 6 aromatic carbocycles. The number of benzene rings is 6. The predicted molar refractivity (Wildman–Crippen MR) is 208 cm³/mol. The molecule has 49 heavy (non-hydrogen) atoms. The van der Waals surface area contributed by atoms with Gasteiger partial charge < -0.3 is 8.82 Å². The van der Waals surface area contributed by atoms with Crippen molar-refractivity contribution in [3.8, 4) is 11.4 Å². The lowest BCUT2D eigenvalue weighted by atomic mass is 10.0. The molecule has 11 aromatic rings. The van der Waals surface area contributed by atoms with Gasteiger partial charge in [0.1, 0.15) is 11.2 Å². The molecule has 5 heterocycles. The van der Waals surface area contributed by atoms with Crippen LogP contribution in [0.4, 0.5) is 0 Å². The fourth-order valence-electron chi connectivity index (χ4n) is 7.98. The fourth-order valence-corrected chi connectivity index (χ4v) is 9.13. The second-order valence-electron chi connectivity index (χ2n) is 12.6. The van der Waals surface area contributed by atoms with Crippen LogP contribution >= 0.6 is 11.3 Å². The summed E-state index contributed by atoms with van der Waals surface area (Å²) in [5.41, 5.74) is 9.10. The Kier molecular flexibility index (Phi) is 5.25. The third-order valence-electron chi connectivity index (χ3n) is 10.1. The first-order valence-corrected chi connectivity index (χ1v) is 17.1. The number of hydrogen-bond acceptors (Lipinski definition) is 4. The van der Waals surface area contributed by atoms with E-state index in [9.17, 15) is 0 Å². The van der Waals surface area contributed by atoms with E-state index in [0.29, 0.717) is 5.82 Å². The summed E-state index contributed by atoms with van der Waals surface area (Å²) < 4.78 is 11.3. The molecule has 5 aromatic heterocycles. The second kappa shape index (κ2) is 9.63. The van der Waals surface area contributed by atoms with Crippen molar-refractivity contribution in [2.75, 3.05) is 0 Å². The summed E-state index contributed by atoms with van der Waals surface area (Å²) in [6, 6.07) is 39.0. The molecule has 0 atom stereocenters.